The van der Waals surface area contributed by atoms with Crippen molar-refractivity contribution in [1.29, 1.82) is 0 Å². The number of benzene rings is 2. The fourth-order valence-electron chi connectivity index (χ4n) is 12.5. The molecule has 5 aliphatic rings. The lowest BCUT2D eigenvalue weighted by Crippen LogP contribution is -2.66. The van der Waals surface area contributed by atoms with Gasteiger partial charge in [0, 0.05) is 5.92 Å². The van der Waals surface area contributed by atoms with E-state index in [9.17, 15) is 9.59 Å². The highest BCUT2D eigenvalue weighted by atomic mass is 16.5. The summed E-state index contributed by atoms with van der Waals surface area (Å²) in [5, 5.41) is 0. The van der Waals surface area contributed by atoms with E-state index in [2.05, 4.69) is 53.5 Å². The van der Waals surface area contributed by atoms with Crippen molar-refractivity contribution in [3.05, 3.63) is 83.4 Å². The molecule has 5 aliphatic carbocycles. The van der Waals surface area contributed by atoms with Crippen molar-refractivity contribution in [3.8, 4) is 12.3 Å². The minimum atomic E-state index is -0.442. The predicted octanol–water partition coefficient (Wildman–Crippen LogP) is 9.93. The molecule has 4 heteroatoms. The van der Waals surface area contributed by atoms with Crippen LogP contribution in [0.15, 0.2) is 72.3 Å². The lowest BCUT2D eigenvalue weighted by Gasteiger charge is -2.70. The van der Waals surface area contributed by atoms with E-state index in [-0.39, 0.29) is 56.9 Å². The third-order valence-corrected chi connectivity index (χ3v) is 15.3. The molecule has 0 aliphatic heterocycles. The fourth-order valence-corrected chi connectivity index (χ4v) is 12.5. The van der Waals surface area contributed by atoms with E-state index < -0.39 is 6.10 Å². The SMILES string of the molecule is C#CCO[C@H]1CC[C@]2(C)[C@H]3C(=O)C=C4[C@@H]5C[C@@H](C(=O)OC(c6ccccc6)c6ccccc6)CC[C@]5(C)CC[C@@]4(C)[C@]3(C)CC[C@H]2C1(C)C. The molecule has 0 radical (unpaired) electrons. The average molecular weight is 661 g/mol. The number of hydrogen-bond acceptors (Lipinski definition) is 4. The van der Waals surface area contributed by atoms with Crippen molar-refractivity contribution in [3.63, 3.8) is 0 Å². The second-order valence-corrected chi connectivity index (χ2v) is 18.0. The van der Waals surface area contributed by atoms with Gasteiger partial charge in [0.15, 0.2) is 11.9 Å². The Balaban J connectivity index is 1.18. The lowest BCUT2D eigenvalue weighted by molar-refractivity contribution is -0.207. The number of terminal acetylenes is 1. The van der Waals surface area contributed by atoms with Crippen molar-refractivity contribution in [2.75, 3.05) is 6.61 Å². The molecular formula is C45H56O4. The summed E-state index contributed by atoms with van der Waals surface area (Å²) in [6.07, 6.45) is 16.2. The van der Waals surface area contributed by atoms with Crippen LogP contribution in [0.5, 0.6) is 0 Å². The number of allylic oxidation sites excluding steroid dienone is 2. The molecule has 0 bridgehead atoms. The normalized spacial score (nSPS) is 39.3. The molecule has 7 rings (SSSR count). The first kappa shape index (κ1) is 34.3. The lowest BCUT2D eigenvalue weighted by atomic mass is 9.33. The van der Waals surface area contributed by atoms with Crippen LogP contribution in [-0.4, -0.2) is 24.5 Å². The Bertz CT molecular complexity index is 1610. The molecule has 0 unspecified atom stereocenters. The third kappa shape index (κ3) is 5.28. The van der Waals surface area contributed by atoms with Crippen LogP contribution in [0.3, 0.4) is 0 Å². The van der Waals surface area contributed by atoms with Gasteiger partial charge < -0.3 is 9.47 Å². The van der Waals surface area contributed by atoms with Gasteiger partial charge in [0.2, 0.25) is 0 Å². The quantitative estimate of drug-likeness (QED) is 0.229. The van der Waals surface area contributed by atoms with E-state index >= 15 is 0 Å². The maximum Gasteiger partial charge on any atom is 0.309 e. The van der Waals surface area contributed by atoms with Crippen molar-refractivity contribution >= 4 is 11.8 Å². The number of ketones is 1. The van der Waals surface area contributed by atoms with Gasteiger partial charge in [0.1, 0.15) is 6.61 Å². The standard InChI is InChI=1S/C45H56O4/c1-8-27-48-37-21-23-43(5)36(41(37,2)3)20-24-45(7)39(43)35(46)29-34-33-28-32(19-22-42(33,4)25-26-44(34,45)6)40(47)49-38(30-15-11-9-12-16-30)31-17-13-10-14-18-31/h1,9-18,29,32-33,36-39H,19-28H2,2-7H3/t32-,33-,36-,37-,39+,42+,43-,44+,45+/m0/s1. The maximum atomic E-state index is 14.8. The highest BCUT2D eigenvalue weighted by Gasteiger charge is 2.70. The first-order valence-corrected chi connectivity index (χ1v) is 18.9. The minimum absolute atomic E-state index is 0.0217. The summed E-state index contributed by atoms with van der Waals surface area (Å²) in [7, 11) is 0. The number of hydrogen-bond donors (Lipinski definition) is 0. The summed E-state index contributed by atoms with van der Waals surface area (Å²) >= 11 is 0. The van der Waals surface area contributed by atoms with E-state index in [0.717, 1.165) is 68.9 Å². The molecule has 9 atom stereocenters. The van der Waals surface area contributed by atoms with Gasteiger partial charge in [-0.1, -0.05) is 114 Å². The number of rotatable bonds is 6. The summed E-state index contributed by atoms with van der Waals surface area (Å²) in [5.41, 5.74) is 2.99. The summed E-state index contributed by atoms with van der Waals surface area (Å²) in [5.74, 6) is 3.26. The summed E-state index contributed by atoms with van der Waals surface area (Å²) < 4.78 is 12.7. The molecule has 4 saturated carbocycles. The summed E-state index contributed by atoms with van der Waals surface area (Å²) in [6, 6.07) is 20.2. The fraction of sp³-hybridized carbons (Fsp3) is 0.600. The van der Waals surface area contributed by atoms with E-state index in [1.807, 2.05) is 60.7 Å². The zero-order chi connectivity index (χ0) is 34.8. The molecule has 0 saturated heterocycles. The zero-order valence-electron chi connectivity index (χ0n) is 30.6. The van der Waals surface area contributed by atoms with Gasteiger partial charge in [-0.05, 0) is 114 Å². The average Bonchev–Trinajstić information content (AvgIpc) is 3.08. The van der Waals surface area contributed by atoms with Crippen LogP contribution in [-0.2, 0) is 19.1 Å². The molecule has 0 N–H and O–H groups in total. The first-order chi connectivity index (χ1) is 23.3. The van der Waals surface area contributed by atoms with Crippen LogP contribution in [0.25, 0.3) is 0 Å². The predicted molar refractivity (Wildman–Crippen MR) is 194 cm³/mol. The second kappa shape index (κ2) is 12.3. The van der Waals surface area contributed by atoms with Crippen molar-refractivity contribution in [2.45, 2.75) is 112 Å². The highest BCUT2D eigenvalue weighted by Crippen LogP contribution is 2.74. The van der Waals surface area contributed by atoms with Crippen molar-refractivity contribution in [2.24, 2.45) is 50.7 Å². The molecule has 0 heterocycles. The van der Waals surface area contributed by atoms with E-state index in [0.29, 0.717) is 18.3 Å². The van der Waals surface area contributed by atoms with Crippen LogP contribution in [0, 0.1) is 63.1 Å². The highest BCUT2D eigenvalue weighted by molar-refractivity contribution is 5.95. The van der Waals surface area contributed by atoms with E-state index in [1.54, 1.807) is 0 Å². The number of carbonyl (C=O) groups is 2. The smallest absolute Gasteiger partial charge is 0.309 e. The number of carbonyl (C=O) groups excluding carboxylic acids is 2. The van der Waals surface area contributed by atoms with Gasteiger partial charge in [0.05, 0.1) is 12.0 Å². The Kier molecular flexibility index (Phi) is 8.58. The van der Waals surface area contributed by atoms with Crippen LogP contribution in [0.2, 0.25) is 0 Å². The molecule has 4 nitrogen and oxygen atoms in total. The van der Waals surface area contributed by atoms with Gasteiger partial charge in [-0.2, -0.15) is 0 Å². The maximum absolute atomic E-state index is 14.8. The molecule has 260 valence electrons. The van der Waals surface area contributed by atoms with Crippen molar-refractivity contribution in [1.82, 2.24) is 0 Å². The number of ether oxygens (including phenoxy) is 2. The molecule has 0 amide bonds. The van der Waals surface area contributed by atoms with Gasteiger partial charge >= 0.3 is 5.97 Å². The Morgan fingerprint density at radius 1 is 0.857 bits per heavy atom. The van der Waals surface area contributed by atoms with Crippen LogP contribution < -0.4 is 0 Å². The number of esters is 1. The molecular weight excluding hydrogens is 604 g/mol. The first-order valence-electron chi connectivity index (χ1n) is 18.9. The molecule has 49 heavy (non-hydrogen) atoms. The second-order valence-electron chi connectivity index (χ2n) is 18.0. The number of fused-ring (bicyclic) bond motifs is 7. The Morgan fingerprint density at radius 3 is 2.14 bits per heavy atom. The Labute approximate surface area is 294 Å². The molecule has 4 fully saturated rings. The third-order valence-electron chi connectivity index (χ3n) is 15.3. The monoisotopic (exact) mass is 660 g/mol. The summed E-state index contributed by atoms with van der Waals surface area (Å²) in [6.45, 7) is 14.8. The largest absolute Gasteiger partial charge is 0.452 e. The van der Waals surface area contributed by atoms with E-state index in [4.69, 9.17) is 15.9 Å². The molecule has 2 aromatic carbocycles. The van der Waals surface area contributed by atoms with E-state index in [1.165, 1.54) is 5.57 Å². The van der Waals surface area contributed by atoms with Gasteiger partial charge in [0.25, 0.3) is 0 Å². The summed E-state index contributed by atoms with van der Waals surface area (Å²) in [4.78, 5) is 28.9. The zero-order valence-corrected chi connectivity index (χ0v) is 30.6. The van der Waals surface area contributed by atoms with Crippen LogP contribution in [0.4, 0.5) is 0 Å². The van der Waals surface area contributed by atoms with Gasteiger partial charge in [-0.25, -0.2) is 0 Å². The molecule has 0 aromatic heterocycles. The minimum Gasteiger partial charge on any atom is -0.452 e. The van der Waals surface area contributed by atoms with Crippen molar-refractivity contribution < 1.29 is 19.1 Å². The molecule has 2 aromatic rings. The Morgan fingerprint density at radius 2 is 1.51 bits per heavy atom. The van der Waals surface area contributed by atoms with Crippen LogP contribution in [0.1, 0.15) is 117 Å². The van der Waals surface area contributed by atoms with Gasteiger partial charge in [-0.15, -0.1) is 6.42 Å². The topological polar surface area (TPSA) is 52.6 Å². The van der Waals surface area contributed by atoms with Crippen LogP contribution >= 0.6 is 0 Å². The Hall–Kier alpha value is -3.16. The van der Waals surface area contributed by atoms with Gasteiger partial charge in [-0.3, -0.25) is 9.59 Å². The molecule has 0 spiro atoms.